The quantitative estimate of drug-likeness (QED) is 0.940. The summed E-state index contributed by atoms with van der Waals surface area (Å²) in [6, 6.07) is 12.8. The van der Waals surface area contributed by atoms with Crippen LogP contribution in [0, 0.1) is 12.7 Å². The Morgan fingerprint density at radius 3 is 2.71 bits per heavy atom. The number of carbonyl (C=O) groups is 2. The second-order valence-corrected chi connectivity index (χ2v) is 6.00. The van der Waals surface area contributed by atoms with Gasteiger partial charge in [0.05, 0.1) is 5.69 Å². The van der Waals surface area contributed by atoms with E-state index in [-0.39, 0.29) is 17.5 Å². The summed E-state index contributed by atoms with van der Waals surface area (Å²) < 4.78 is 13.7. The summed E-state index contributed by atoms with van der Waals surface area (Å²) in [4.78, 5) is 26.8. The maximum atomic E-state index is 13.7. The fourth-order valence-electron chi connectivity index (χ4n) is 3.00. The van der Waals surface area contributed by atoms with E-state index in [1.165, 1.54) is 12.1 Å². The van der Waals surface area contributed by atoms with Gasteiger partial charge in [-0.05, 0) is 44.0 Å². The summed E-state index contributed by atoms with van der Waals surface area (Å²) in [6.45, 7) is 2.45. The van der Waals surface area contributed by atoms with E-state index in [2.05, 4.69) is 5.32 Å². The van der Waals surface area contributed by atoms with Crippen LogP contribution in [0.25, 0.3) is 0 Å². The first kappa shape index (κ1) is 16.2. The van der Waals surface area contributed by atoms with Crippen LogP contribution in [0.5, 0.6) is 0 Å². The predicted molar refractivity (Wildman–Crippen MR) is 90.3 cm³/mol. The van der Waals surface area contributed by atoms with Crippen LogP contribution in [-0.4, -0.2) is 29.3 Å². The number of halogens is 1. The lowest BCUT2D eigenvalue weighted by Crippen LogP contribution is -2.43. The Morgan fingerprint density at radius 2 is 1.96 bits per heavy atom. The first-order valence-corrected chi connectivity index (χ1v) is 7.99. The lowest BCUT2D eigenvalue weighted by molar-refractivity contribution is -0.119. The van der Waals surface area contributed by atoms with E-state index < -0.39 is 11.9 Å². The average molecular weight is 326 g/mol. The minimum Gasteiger partial charge on any atom is -0.327 e. The van der Waals surface area contributed by atoms with Crippen molar-refractivity contribution in [3.63, 3.8) is 0 Å². The van der Waals surface area contributed by atoms with Crippen molar-refractivity contribution in [3.05, 3.63) is 65.5 Å². The van der Waals surface area contributed by atoms with Gasteiger partial charge in [0.1, 0.15) is 11.9 Å². The molecule has 0 aliphatic carbocycles. The Balaban J connectivity index is 1.76. The molecule has 0 aromatic heterocycles. The number of benzene rings is 2. The van der Waals surface area contributed by atoms with Crippen LogP contribution in [0.1, 0.15) is 28.8 Å². The van der Waals surface area contributed by atoms with Gasteiger partial charge in [-0.3, -0.25) is 9.59 Å². The van der Waals surface area contributed by atoms with E-state index in [9.17, 15) is 14.0 Å². The molecule has 0 bridgehead atoms. The number of hydrogen-bond acceptors (Lipinski definition) is 2. The topological polar surface area (TPSA) is 49.4 Å². The minimum atomic E-state index is -0.572. The van der Waals surface area contributed by atoms with Crippen molar-refractivity contribution in [2.24, 2.45) is 0 Å². The Hall–Kier alpha value is -2.69. The molecule has 2 aromatic rings. The van der Waals surface area contributed by atoms with Crippen LogP contribution in [0.3, 0.4) is 0 Å². The number of para-hydroxylation sites is 1. The highest BCUT2D eigenvalue weighted by atomic mass is 19.1. The van der Waals surface area contributed by atoms with Crippen molar-refractivity contribution in [3.8, 4) is 0 Å². The molecule has 0 unspecified atom stereocenters. The first-order valence-electron chi connectivity index (χ1n) is 7.99. The number of likely N-dealkylation sites (tertiary alicyclic amines) is 1. The van der Waals surface area contributed by atoms with Crippen LogP contribution in [-0.2, 0) is 4.79 Å². The summed E-state index contributed by atoms with van der Waals surface area (Å²) in [6.07, 6.45) is 1.34. The third-order valence-electron chi connectivity index (χ3n) is 4.21. The van der Waals surface area contributed by atoms with Gasteiger partial charge in [-0.25, -0.2) is 4.39 Å². The lowest BCUT2D eigenvalue weighted by Gasteiger charge is -2.24. The van der Waals surface area contributed by atoms with E-state index in [1.54, 1.807) is 23.1 Å². The Morgan fingerprint density at radius 1 is 1.17 bits per heavy atom. The van der Waals surface area contributed by atoms with Gasteiger partial charge >= 0.3 is 0 Å². The van der Waals surface area contributed by atoms with E-state index in [1.807, 2.05) is 25.1 Å². The Kier molecular flexibility index (Phi) is 4.60. The molecule has 1 aliphatic rings. The van der Waals surface area contributed by atoms with E-state index >= 15 is 0 Å². The maximum Gasteiger partial charge on any atom is 0.254 e. The molecule has 0 saturated carbocycles. The van der Waals surface area contributed by atoms with E-state index in [0.29, 0.717) is 18.5 Å². The number of aryl methyl sites for hydroxylation is 1. The van der Waals surface area contributed by atoms with Crippen molar-refractivity contribution in [1.82, 2.24) is 4.90 Å². The smallest absolute Gasteiger partial charge is 0.254 e. The number of anilines is 1. The SMILES string of the molecule is Cc1cccc(C(=O)N2CCC[C@H]2C(=O)Nc2ccccc2F)c1. The molecular formula is C19H19FN2O2. The van der Waals surface area contributed by atoms with E-state index in [0.717, 1.165) is 12.0 Å². The molecular weight excluding hydrogens is 307 g/mol. The molecule has 1 atom stereocenters. The zero-order chi connectivity index (χ0) is 17.1. The van der Waals surface area contributed by atoms with Crippen molar-refractivity contribution in [2.45, 2.75) is 25.8 Å². The van der Waals surface area contributed by atoms with Gasteiger partial charge in [-0.15, -0.1) is 0 Å². The zero-order valence-corrected chi connectivity index (χ0v) is 13.5. The summed E-state index contributed by atoms with van der Waals surface area (Å²) >= 11 is 0. The summed E-state index contributed by atoms with van der Waals surface area (Å²) in [5.41, 5.74) is 1.70. The van der Waals surface area contributed by atoms with Crippen LogP contribution >= 0.6 is 0 Å². The van der Waals surface area contributed by atoms with Gasteiger partial charge in [0.2, 0.25) is 5.91 Å². The molecule has 0 radical (unpaired) electrons. The molecule has 2 amide bonds. The monoisotopic (exact) mass is 326 g/mol. The van der Waals surface area contributed by atoms with Gasteiger partial charge in [0, 0.05) is 12.1 Å². The predicted octanol–water partition coefficient (Wildman–Crippen LogP) is 3.38. The number of carbonyl (C=O) groups excluding carboxylic acids is 2. The molecule has 124 valence electrons. The Bertz CT molecular complexity index is 775. The zero-order valence-electron chi connectivity index (χ0n) is 13.5. The standard InChI is InChI=1S/C19H19FN2O2/c1-13-6-4-7-14(12-13)19(24)22-11-5-10-17(22)18(23)21-16-9-3-2-8-15(16)20/h2-4,6-9,12,17H,5,10-11H2,1H3,(H,21,23)/t17-/m0/s1. The van der Waals surface area contributed by atoms with Gasteiger partial charge < -0.3 is 10.2 Å². The number of amides is 2. The second-order valence-electron chi connectivity index (χ2n) is 6.00. The Labute approximate surface area is 140 Å². The molecule has 1 N–H and O–H groups in total. The fourth-order valence-corrected chi connectivity index (χ4v) is 3.00. The van der Waals surface area contributed by atoms with Gasteiger partial charge in [0.15, 0.2) is 0 Å². The molecule has 1 saturated heterocycles. The number of hydrogen-bond donors (Lipinski definition) is 1. The number of rotatable bonds is 3. The fraction of sp³-hybridized carbons (Fsp3) is 0.263. The lowest BCUT2D eigenvalue weighted by atomic mass is 10.1. The third kappa shape index (κ3) is 3.30. The molecule has 1 heterocycles. The average Bonchev–Trinajstić information content (AvgIpc) is 3.06. The largest absolute Gasteiger partial charge is 0.327 e. The molecule has 1 fully saturated rings. The number of nitrogens with one attached hydrogen (secondary N) is 1. The molecule has 3 rings (SSSR count). The van der Waals surface area contributed by atoms with Gasteiger partial charge in [-0.2, -0.15) is 0 Å². The van der Waals surface area contributed by atoms with Gasteiger partial charge in [-0.1, -0.05) is 29.8 Å². The maximum absolute atomic E-state index is 13.7. The molecule has 1 aliphatic heterocycles. The minimum absolute atomic E-state index is 0.136. The van der Waals surface area contributed by atoms with Crippen molar-refractivity contribution in [2.75, 3.05) is 11.9 Å². The molecule has 5 heteroatoms. The van der Waals surface area contributed by atoms with Gasteiger partial charge in [0.25, 0.3) is 5.91 Å². The van der Waals surface area contributed by atoms with Crippen LogP contribution < -0.4 is 5.32 Å². The number of nitrogens with zero attached hydrogens (tertiary/aromatic N) is 1. The van der Waals surface area contributed by atoms with Crippen LogP contribution in [0.4, 0.5) is 10.1 Å². The van der Waals surface area contributed by atoms with Crippen LogP contribution in [0.2, 0.25) is 0 Å². The summed E-state index contributed by atoms with van der Waals surface area (Å²) in [7, 11) is 0. The van der Waals surface area contributed by atoms with Crippen molar-refractivity contribution < 1.29 is 14.0 Å². The molecule has 4 nitrogen and oxygen atoms in total. The third-order valence-corrected chi connectivity index (χ3v) is 4.21. The normalized spacial score (nSPS) is 16.9. The van der Waals surface area contributed by atoms with Crippen molar-refractivity contribution >= 4 is 17.5 Å². The molecule has 0 spiro atoms. The highest BCUT2D eigenvalue weighted by Gasteiger charge is 2.34. The highest BCUT2D eigenvalue weighted by molar-refractivity contribution is 6.01. The summed E-state index contributed by atoms with van der Waals surface area (Å²) in [5, 5.41) is 2.59. The second kappa shape index (κ2) is 6.83. The first-order chi connectivity index (χ1) is 11.6. The molecule has 24 heavy (non-hydrogen) atoms. The van der Waals surface area contributed by atoms with Crippen LogP contribution in [0.15, 0.2) is 48.5 Å². The van der Waals surface area contributed by atoms with E-state index in [4.69, 9.17) is 0 Å². The molecule has 2 aromatic carbocycles. The highest BCUT2D eigenvalue weighted by Crippen LogP contribution is 2.23. The van der Waals surface area contributed by atoms with Crippen molar-refractivity contribution in [1.29, 1.82) is 0 Å². The summed E-state index contributed by atoms with van der Waals surface area (Å²) in [5.74, 6) is -0.996.